The highest BCUT2D eigenvalue weighted by atomic mass is 16.7. The van der Waals surface area contributed by atoms with Gasteiger partial charge in [-0.25, -0.2) is 0 Å². The van der Waals surface area contributed by atoms with Crippen molar-refractivity contribution in [3.8, 4) is 0 Å². The van der Waals surface area contributed by atoms with Gasteiger partial charge < -0.3 is 45.4 Å². The van der Waals surface area contributed by atoms with E-state index >= 15 is 0 Å². The van der Waals surface area contributed by atoms with E-state index in [-0.39, 0.29) is 18.9 Å². The van der Waals surface area contributed by atoms with Gasteiger partial charge in [0.15, 0.2) is 6.29 Å². The molecule has 1 aliphatic heterocycles. The molecule has 10 nitrogen and oxygen atoms in total. The third kappa shape index (κ3) is 28.6. The Morgan fingerprint density at radius 1 is 0.569 bits per heavy atom. The number of nitrogens with one attached hydrogen (secondary N) is 1. The quantitative estimate of drug-likeness (QED) is 0.0297. The van der Waals surface area contributed by atoms with Gasteiger partial charge in [-0.15, -0.1) is 0 Å². The fraction of sp³-hybridized carbons (Fsp3) is 0.979. The highest BCUT2D eigenvalue weighted by Gasteiger charge is 2.44. The monoisotopic (exact) mass is 830 g/mol. The molecule has 1 heterocycles. The molecule has 0 aromatic carbocycles. The number of unbranched alkanes of at least 4 members (excludes halogenated alkanes) is 28. The molecule has 346 valence electrons. The lowest BCUT2D eigenvalue weighted by Crippen LogP contribution is -2.60. The van der Waals surface area contributed by atoms with Crippen LogP contribution in [0.5, 0.6) is 0 Å². The average molecular weight is 830 g/mol. The predicted molar refractivity (Wildman–Crippen MR) is 237 cm³/mol. The van der Waals surface area contributed by atoms with E-state index < -0.39 is 55.6 Å². The molecule has 10 heteroatoms. The number of aliphatic hydroxyl groups is 6. The first-order valence-corrected chi connectivity index (χ1v) is 24.7. The standard InChI is InChI=1S/C48H95NO9/c1-4-5-6-7-8-9-10-11-12-13-14-15-16-17-18-19-20-24-27-30-33-36-43(52)49-40(38-57-48-47(56)46(55)45(54)42(37-50)58-48)44(53)41(51)35-32-29-26-23-21-22-25-28-31-34-39(2)3/h39-42,44-48,50-51,53-56H,4-38H2,1-3H3,(H,49,52)/t40-,41+,42+,44-,45-,46-,47+,48-/m0/s1. The molecule has 8 atom stereocenters. The minimum absolute atomic E-state index is 0.254. The Morgan fingerprint density at radius 3 is 1.38 bits per heavy atom. The topological polar surface area (TPSA) is 169 Å². The summed E-state index contributed by atoms with van der Waals surface area (Å²) in [5, 5.41) is 65.2. The molecule has 0 aliphatic carbocycles. The lowest BCUT2D eigenvalue weighted by Gasteiger charge is -2.40. The lowest BCUT2D eigenvalue weighted by atomic mass is 9.98. The Kier molecular flexibility index (Phi) is 36.0. The highest BCUT2D eigenvalue weighted by molar-refractivity contribution is 5.76. The molecule has 0 radical (unpaired) electrons. The van der Waals surface area contributed by atoms with E-state index in [1.807, 2.05) is 0 Å². The van der Waals surface area contributed by atoms with E-state index in [0.717, 1.165) is 50.9 Å². The van der Waals surface area contributed by atoms with E-state index in [2.05, 4.69) is 26.1 Å². The van der Waals surface area contributed by atoms with Crippen LogP contribution in [0, 0.1) is 5.92 Å². The minimum atomic E-state index is -1.60. The van der Waals surface area contributed by atoms with E-state index in [1.165, 1.54) is 154 Å². The Balaban J connectivity index is 2.31. The molecule has 0 unspecified atom stereocenters. The van der Waals surface area contributed by atoms with Crippen molar-refractivity contribution in [2.45, 2.75) is 282 Å². The van der Waals surface area contributed by atoms with Crippen molar-refractivity contribution in [3.05, 3.63) is 0 Å². The molecule has 0 aromatic heterocycles. The first-order valence-electron chi connectivity index (χ1n) is 24.7. The smallest absolute Gasteiger partial charge is 0.220 e. The Morgan fingerprint density at radius 2 is 0.966 bits per heavy atom. The fourth-order valence-electron chi connectivity index (χ4n) is 8.21. The van der Waals surface area contributed by atoms with Crippen LogP contribution >= 0.6 is 0 Å². The van der Waals surface area contributed by atoms with Gasteiger partial charge in [0, 0.05) is 6.42 Å². The molecule has 1 rings (SSSR count). The largest absolute Gasteiger partial charge is 0.394 e. The summed E-state index contributed by atoms with van der Waals surface area (Å²) in [5.41, 5.74) is 0. The zero-order valence-corrected chi connectivity index (χ0v) is 37.9. The summed E-state index contributed by atoms with van der Waals surface area (Å²) >= 11 is 0. The third-order valence-electron chi connectivity index (χ3n) is 12.2. The Hall–Kier alpha value is -0.850. The minimum Gasteiger partial charge on any atom is -0.394 e. The van der Waals surface area contributed by atoms with Crippen molar-refractivity contribution in [3.63, 3.8) is 0 Å². The average Bonchev–Trinajstić information content (AvgIpc) is 3.21. The fourth-order valence-corrected chi connectivity index (χ4v) is 8.21. The van der Waals surface area contributed by atoms with E-state index in [1.54, 1.807) is 0 Å². The van der Waals surface area contributed by atoms with Crippen LogP contribution in [-0.4, -0.2) is 98.7 Å². The maximum absolute atomic E-state index is 13.0. The molecule has 0 spiro atoms. The van der Waals surface area contributed by atoms with Crippen molar-refractivity contribution in [1.29, 1.82) is 0 Å². The highest BCUT2D eigenvalue weighted by Crippen LogP contribution is 2.23. The van der Waals surface area contributed by atoms with Crippen LogP contribution in [-0.2, 0) is 14.3 Å². The number of ether oxygens (including phenoxy) is 2. The maximum Gasteiger partial charge on any atom is 0.220 e. The van der Waals surface area contributed by atoms with Gasteiger partial charge in [-0.1, -0.05) is 213 Å². The van der Waals surface area contributed by atoms with Crippen LogP contribution in [0.3, 0.4) is 0 Å². The van der Waals surface area contributed by atoms with Crippen LogP contribution in [0.2, 0.25) is 0 Å². The molecule has 1 fully saturated rings. The predicted octanol–water partition coefficient (Wildman–Crippen LogP) is 9.56. The summed E-state index contributed by atoms with van der Waals surface area (Å²) in [6.45, 7) is 5.93. The second-order valence-electron chi connectivity index (χ2n) is 18.2. The molecule has 0 aromatic rings. The van der Waals surface area contributed by atoms with Gasteiger partial charge >= 0.3 is 0 Å². The van der Waals surface area contributed by atoms with Gasteiger partial charge in [0.2, 0.25) is 5.91 Å². The SMILES string of the molecule is CCCCCCCCCCCCCCCCCCCCCCCC(=O)N[C@@H](CO[C@H]1O[C@H](CO)[C@H](O)[C@H](O)[C@H]1O)[C@H](O)[C@H](O)CCCCCCCCCCCC(C)C. The molecule has 0 saturated carbocycles. The number of carbonyl (C=O) groups is 1. The third-order valence-corrected chi connectivity index (χ3v) is 12.2. The lowest BCUT2D eigenvalue weighted by molar-refractivity contribution is -0.303. The van der Waals surface area contributed by atoms with E-state index in [4.69, 9.17) is 9.47 Å². The van der Waals surface area contributed by atoms with Crippen molar-refractivity contribution < 1.29 is 44.9 Å². The zero-order chi connectivity index (χ0) is 42.6. The molecule has 0 bridgehead atoms. The summed E-state index contributed by atoms with van der Waals surface area (Å²) in [7, 11) is 0. The number of aliphatic hydroxyl groups excluding tert-OH is 6. The van der Waals surface area contributed by atoms with Gasteiger partial charge in [0.25, 0.3) is 0 Å². The number of amides is 1. The van der Waals surface area contributed by atoms with Gasteiger partial charge in [-0.2, -0.15) is 0 Å². The van der Waals surface area contributed by atoms with Crippen LogP contribution in [0.4, 0.5) is 0 Å². The van der Waals surface area contributed by atoms with E-state index in [9.17, 15) is 35.4 Å². The van der Waals surface area contributed by atoms with Crippen molar-refractivity contribution in [2.75, 3.05) is 13.2 Å². The van der Waals surface area contributed by atoms with Gasteiger partial charge in [0.1, 0.15) is 30.5 Å². The first-order chi connectivity index (χ1) is 28.1. The summed E-state index contributed by atoms with van der Waals surface area (Å²) in [5.74, 6) is 0.522. The summed E-state index contributed by atoms with van der Waals surface area (Å²) < 4.78 is 11.2. The van der Waals surface area contributed by atoms with Gasteiger partial charge in [0.05, 0.1) is 25.4 Å². The first kappa shape index (κ1) is 55.2. The van der Waals surface area contributed by atoms with Crippen molar-refractivity contribution in [2.24, 2.45) is 5.92 Å². The van der Waals surface area contributed by atoms with Crippen molar-refractivity contribution in [1.82, 2.24) is 5.32 Å². The summed E-state index contributed by atoms with van der Waals surface area (Å²) in [4.78, 5) is 13.0. The Bertz CT molecular complexity index is 908. The van der Waals surface area contributed by atoms with Crippen LogP contribution < -0.4 is 5.32 Å². The molecule has 1 saturated heterocycles. The maximum atomic E-state index is 13.0. The number of hydrogen-bond acceptors (Lipinski definition) is 9. The number of hydrogen-bond donors (Lipinski definition) is 7. The number of carbonyl (C=O) groups excluding carboxylic acids is 1. The molecule has 1 amide bonds. The van der Waals surface area contributed by atoms with Gasteiger partial charge in [-0.3, -0.25) is 4.79 Å². The second kappa shape index (κ2) is 37.9. The second-order valence-corrected chi connectivity index (χ2v) is 18.2. The van der Waals surface area contributed by atoms with Crippen LogP contribution in [0.1, 0.15) is 233 Å². The molecule has 7 N–H and O–H groups in total. The molecular formula is C48H95NO9. The van der Waals surface area contributed by atoms with Gasteiger partial charge in [-0.05, 0) is 18.8 Å². The number of rotatable bonds is 41. The van der Waals surface area contributed by atoms with Crippen molar-refractivity contribution >= 4 is 5.91 Å². The van der Waals surface area contributed by atoms with Crippen LogP contribution in [0.25, 0.3) is 0 Å². The van der Waals surface area contributed by atoms with Crippen LogP contribution in [0.15, 0.2) is 0 Å². The normalized spacial score (nSPS) is 21.4. The Labute approximate surface area is 356 Å². The summed E-state index contributed by atoms with van der Waals surface area (Å²) in [6.07, 6.45) is 29.8. The van der Waals surface area contributed by atoms with E-state index in [0.29, 0.717) is 6.42 Å². The zero-order valence-electron chi connectivity index (χ0n) is 37.9. The molecule has 1 aliphatic rings. The molecule has 58 heavy (non-hydrogen) atoms. The summed E-state index contributed by atoms with van der Waals surface area (Å²) in [6, 6.07) is -0.986. The molecular weight excluding hydrogens is 735 g/mol.